The van der Waals surface area contributed by atoms with Crippen LogP contribution in [-0.2, 0) is 0 Å². The standard InChI is InChI=1S/C7H7O.C3H7.BrH.Mg/c1-8-7-5-3-2-4-6-7;1-3-2;;/h3-6H,1H3;1,3H2,2H3;1H;/q2*-1;;+2. The van der Waals surface area contributed by atoms with Gasteiger partial charge < -0.3 is 11.7 Å². The van der Waals surface area contributed by atoms with E-state index in [9.17, 15) is 0 Å². The molecule has 0 aromatic heterocycles. The molecule has 0 aliphatic carbocycles. The average Bonchev–Trinajstić information content (AvgIpc) is 2.08. The molecule has 0 bridgehead atoms. The van der Waals surface area contributed by atoms with Crippen LogP contribution >= 0.6 is 17.0 Å². The van der Waals surface area contributed by atoms with Gasteiger partial charge in [0.25, 0.3) is 0 Å². The molecule has 0 spiro atoms. The van der Waals surface area contributed by atoms with Crippen molar-refractivity contribution in [2.75, 3.05) is 7.11 Å². The van der Waals surface area contributed by atoms with Crippen molar-refractivity contribution in [3.05, 3.63) is 37.3 Å². The summed E-state index contributed by atoms with van der Waals surface area (Å²) in [4.78, 5) is 0. The third-order valence-corrected chi connectivity index (χ3v) is 0.923. The Kier molecular flexibility index (Phi) is 21.5. The quantitative estimate of drug-likeness (QED) is 0.554. The fourth-order valence-electron chi connectivity index (χ4n) is 0.508. The summed E-state index contributed by atoms with van der Waals surface area (Å²) in [5, 5.41) is 0. The van der Waals surface area contributed by atoms with Crippen molar-refractivity contribution in [1.29, 1.82) is 0 Å². The number of benzene rings is 1. The Morgan fingerprint density at radius 3 is 2.00 bits per heavy atom. The van der Waals surface area contributed by atoms with Gasteiger partial charge in [-0.05, 0) is 0 Å². The summed E-state index contributed by atoms with van der Waals surface area (Å²) in [7, 11) is 1.65. The first-order chi connectivity index (χ1) is 5.35. The van der Waals surface area contributed by atoms with E-state index in [0.717, 1.165) is 12.2 Å². The van der Waals surface area contributed by atoms with E-state index in [1.54, 1.807) is 7.11 Å². The maximum absolute atomic E-state index is 4.89. The van der Waals surface area contributed by atoms with Gasteiger partial charge in [0.05, 0.1) is 7.11 Å². The SMILES string of the molecule is Br.COc1cc[c-]cc1.[CH2-]CC.[Mg+2]. The van der Waals surface area contributed by atoms with E-state index in [4.69, 9.17) is 4.74 Å². The van der Waals surface area contributed by atoms with Crippen LogP contribution in [0.2, 0.25) is 0 Å². The van der Waals surface area contributed by atoms with E-state index in [2.05, 4.69) is 13.0 Å². The molecule has 0 aliphatic rings. The minimum absolute atomic E-state index is 0. The molecule has 0 saturated carbocycles. The Morgan fingerprint density at radius 1 is 1.38 bits per heavy atom. The van der Waals surface area contributed by atoms with Crippen LogP contribution in [0.25, 0.3) is 0 Å². The second-order valence-electron chi connectivity index (χ2n) is 1.94. The van der Waals surface area contributed by atoms with Crippen LogP contribution in [0, 0.1) is 13.0 Å². The summed E-state index contributed by atoms with van der Waals surface area (Å²) in [6.07, 6.45) is 1.00. The summed E-state index contributed by atoms with van der Waals surface area (Å²) in [6.45, 7) is 5.50. The third-order valence-electron chi connectivity index (χ3n) is 0.923. The molecule has 0 saturated heterocycles. The van der Waals surface area contributed by atoms with Crippen LogP contribution in [0.3, 0.4) is 0 Å². The zero-order chi connectivity index (χ0) is 8.53. The molecular weight excluding hydrogens is 240 g/mol. The van der Waals surface area contributed by atoms with Gasteiger partial charge in [0, 0.05) is 5.75 Å². The molecule has 70 valence electrons. The zero-order valence-corrected chi connectivity index (χ0v) is 11.4. The van der Waals surface area contributed by atoms with Crippen molar-refractivity contribution in [1.82, 2.24) is 0 Å². The first kappa shape index (κ1) is 18.9. The Labute approximate surface area is 108 Å². The predicted molar refractivity (Wildman–Crippen MR) is 63.6 cm³/mol. The predicted octanol–water partition coefficient (Wildman–Crippen LogP) is 2.92. The van der Waals surface area contributed by atoms with Gasteiger partial charge >= 0.3 is 23.1 Å². The van der Waals surface area contributed by atoms with Crippen molar-refractivity contribution in [2.45, 2.75) is 13.3 Å². The smallest absolute Gasteiger partial charge is 0.522 e. The van der Waals surface area contributed by atoms with Gasteiger partial charge in [0.1, 0.15) is 0 Å². The van der Waals surface area contributed by atoms with Crippen LogP contribution in [0.4, 0.5) is 0 Å². The summed E-state index contributed by atoms with van der Waals surface area (Å²) in [5.74, 6) is 0.878. The Morgan fingerprint density at radius 2 is 1.77 bits per heavy atom. The van der Waals surface area contributed by atoms with Crippen LogP contribution in [0.1, 0.15) is 13.3 Å². The number of rotatable bonds is 1. The van der Waals surface area contributed by atoms with E-state index < -0.39 is 0 Å². The molecule has 0 fully saturated rings. The van der Waals surface area contributed by atoms with Gasteiger partial charge in [0.15, 0.2) is 0 Å². The van der Waals surface area contributed by atoms with Gasteiger partial charge in [-0.2, -0.15) is 24.6 Å². The fraction of sp³-hybridized carbons (Fsp3) is 0.300. The Bertz CT molecular complexity index is 168. The molecule has 0 heterocycles. The molecular formula is C10H15BrMgO. The molecule has 1 aromatic rings. The first-order valence-electron chi connectivity index (χ1n) is 3.64. The van der Waals surface area contributed by atoms with Gasteiger partial charge in [-0.15, -0.1) is 29.1 Å². The largest absolute Gasteiger partial charge is 2.00 e. The van der Waals surface area contributed by atoms with E-state index in [1.807, 2.05) is 31.2 Å². The molecule has 3 heteroatoms. The van der Waals surface area contributed by atoms with Crippen molar-refractivity contribution in [3.8, 4) is 5.75 Å². The summed E-state index contributed by atoms with van der Waals surface area (Å²) >= 11 is 0. The molecule has 1 aromatic carbocycles. The number of methoxy groups -OCH3 is 1. The molecule has 0 aliphatic heterocycles. The van der Waals surface area contributed by atoms with Crippen LogP contribution in [0.5, 0.6) is 5.75 Å². The van der Waals surface area contributed by atoms with Crippen LogP contribution < -0.4 is 4.74 Å². The maximum atomic E-state index is 4.89. The van der Waals surface area contributed by atoms with E-state index in [-0.39, 0.29) is 40.0 Å². The van der Waals surface area contributed by atoms with Crippen molar-refractivity contribution in [2.24, 2.45) is 0 Å². The number of hydrogen-bond acceptors (Lipinski definition) is 1. The average molecular weight is 255 g/mol. The van der Waals surface area contributed by atoms with Gasteiger partial charge in [-0.3, -0.25) is 0 Å². The fourth-order valence-corrected chi connectivity index (χ4v) is 0.508. The van der Waals surface area contributed by atoms with E-state index in [0.29, 0.717) is 0 Å². The maximum Gasteiger partial charge on any atom is 2.00 e. The third kappa shape index (κ3) is 12.3. The molecule has 0 unspecified atom stereocenters. The second-order valence-corrected chi connectivity index (χ2v) is 1.94. The molecule has 0 N–H and O–H groups in total. The monoisotopic (exact) mass is 254 g/mol. The van der Waals surface area contributed by atoms with Crippen LogP contribution in [-0.4, -0.2) is 30.2 Å². The van der Waals surface area contributed by atoms with Crippen molar-refractivity contribution < 1.29 is 4.74 Å². The Balaban J connectivity index is -0.000000180. The molecule has 0 radical (unpaired) electrons. The van der Waals surface area contributed by atoms with Crippen LogP contribution in [0.15, 0.2) is 24.3 Å². The first-order valence-corrected chi connectivity index (χ1v) is 3.64. The van der Waals surface area contributed by atoms with E-state index in [1.165, 1.54) is 0 Å². The van der Waals surface area contributed by atoms with Crippen molar-refractivity contribution >= 4 is 40.0 Å². The van der Waals surface area contributed by atoms with Gasteiger partial charge in [-0.1, -0.05) is 6.92 Å². The molecule has 1 rings (SSSR count). The number of halogens is 1. The minimum atomic E-state index is 0. The second kappa shape index (κ2) is 14.8. The van der Waals surface area contributed by atoms with Gasteiger partial charge in [-0.25, -0.2) is 0 Å². The van der Waals surface area contributed by atoms with E-state index >= 15 is 0 Å². The Hall–Kier alpha value is 0.266. The summed E-state index contributed by atoms with van der Waals surface area (Å²) in [5.41, 5.74) is 0. The molecule has 13 heavy (non-hydrogen) atoms. The number of hydrogen-bond donors (Lipinski definition) is 0. The number of ether oxygens (including phenoxy) is 1. The molecule has 0 atom stereocenters. The van der Waals surface area contributed by atoms with Gasteiger partial charge in [0.2, 0.25) is 0 Å². The zero-order valence-electron chi connectivity index (χ0n) is 8.25. The summed E-state index contributed by atoms with van der Waals surface area (Å²) < 4.78 is 4.89. The molecule has 1 nitrogen and oxygen atoms in total. The minimum Gasteiger partial charge on any atom is -0.522 e. The molecule has 0 amide bonds. The topological polar surface area (TPSA) is 9.23 Å². The summed E-state index contributed by atoms with van der Waals surface area (Å²) in [6, 6.07) is 10.2. The normalized spacial score (nSPS) is 6.69. The van der Waals surface area contributed by atoms with Crippen molar-refractivity contribution in [3.63, 3.8) is 0 Å².